The predicted molar refractivity (Wildman–Crippen MR) is 70.0 cm³/mol. The average molecular weight is 268 g/mol. The Morgan fingerprint density at radius 1 is 1.47 bits per heavy atom. The molecule has 2 aromatic rings. The van der Waals surface area contributed by atoms with Crippen molar-refractivity contribution >= 4 is 33.8 Å². The summed E-state index contributed by atoms with van der Waals surface area (Å²) in [7, 11) is 0. The van der Waals surface area contributed by atoms with Crippen LogP contribution < -0.4 is 5.32 Å². The maximum Gasteiger partial charge on any atom is 0.309 e. The van der Waals surface area contributed by atoms with E-state index in [-0.39, 0.29) is 6.42 Å². The highest BCUT2D eigenvalue weighted by atomic mass is 32.1. The summed E-state index contributed by atoms with van der Waals surface area (Å²) >= 11 is 3.18. The minimum absolute atomic E-state index is 0.0108. The minimum Gasteiger partial charge on any atom is -0.481 e. The second kappa shape index (κ2) is 5.79. The van der Waals surface area contributed by atoms with Crippen LogP contribution in [-0.4, -0.2) is 22.6 Å². The Bertz CT molecular complexity index is 479. The molecule has 0 aliphatic heterocycles. The van der Waals surface area contributed by atoms with E-state index in [4.69, 9.17) is 5.11 Å². The molecule has 90 valence electrons. The summed E-state index contributed by atoms with van der Waals surface area (Å²) in [6.07, 6.45) is 0.953. The number of anilines is 1. The first-order chi connectivity index (χ1) is 8.24. The van der Waals surface area contributed by atoms with Crippen LogP contribution in [0.15, 0.2) is 22.9 Å². The summed E-state index contributed by atoms with van der Waals surface area (Å²) in [6, 6.07) is 4.14. The van der Waals surface area contributed by atoms with Crippen molar-refractivity contribution in [3.63, 3.8) is 0 Å². The molecule has 2 aromatic heterocycles. The Morgan fingerprint density at radius 3 is 3.06 bits per heavy atom. The van der Waals surface area contributed by atoms with Crippen molar-refractivity contribution < 1.29 is 9.90 Å². The first-order valence-electron chi connectivity index (χ1n) is 5.16. The summed E-state index contributed by atoms with van der Waals surface area (Å²) < 4.78 is 0. The van der Waals surface area contributed by atoms with Crippen LogP contribution in [0.3, 0.4) is 0 Å². The van der Waals surface area contributed by atoms with Gasteiger partial charge < -0.3 is 10.4 Å². The number of nitrogens with zero attached hydrogens (tertiary/aromatic N) is 1. The molecule has 2 rings (SSSR count). The van der Waals surface area contributed by atoms with Crippen LogP contribution in [0.4, 0.5) is 5.13 Å². The fourth-order valence-electron chi connectivity index (χ4n) is 1.37. The molecular formula is C11H12N2O2S2. The second-order valence-electron chi connectivity index (χ2n) is 3.47. The van der Waals surface area contributed by atoms with Gasteiger partial charge in [-0.05, 0) is 17.9 Å². The topological polar surface area (TPSA) is 62.2 Å². The standard InChI is InChI=1S/C11H12N2O2S2/c14-10(15)6-8-7-17-11(13-8)12-4-3-9-2-1-5-16-9/h1-2,5,7H,3-4,6H2,(H,12,13)(H,14,15). The molecule has 17 heavy (non-hydrogen) atoms. The van der Waals surface area contributed by atoms with Gasteiger partial charge in [-0.25, -0.2) is 4.98 Å². The first-order valence-corrected chi connectivity index (χ1v) is 6.92. The smallest absolute Gasteiger partial charge is 0.309 e. The fraction of sp³-hybridized carbons (Fsp3) is 0.273. The lowest BCUT2D eigenvalue weighted by Crippen LogP contribution is -2.04. The van der Waals surface area contributed by atoms with Gasteiger partial charge in [0.25, 0.3) is 0 Å². The molecular weight excluding hydrogens is 256 g/mol. The number of thiazole rings is 1. The largest absolute Gasteiger partial charge is 0.481 e. The van der Waals surface area contributed by atoms with Gasteiger partial charge in [-0.2, -0.15) is 0 Å². The lowest BCUT2D eigenvalue weighted by atomic mass is 10.3. The van der Waals surface area contributed by atoms with E-state index in [2.05, 4.69) is 21.7 Å². The van der Waals surface area contributed by atoms with Crippen molar-refractivity contribution in [2.75, 3.05) is 11.9 Å². The molecule has 0 atom stereocenters. The number of aliphatic carboxylic acids is 1. The van der Waals surface area contributed by atoms with Crippen LogP contribution in [0.5, 0.6) is 0 Å². The molecule has 4 nitrogen and oxygen atoms in total. The van der Waals surface area contributed by atoms with Crippen LogP contribution >= 0.6 is 22.7 Å². The summed E-state index contributed by atoms with van der Waals surface area (Å²) in [4.78, 5) is 16.0. The van der Waals surface area contributed by atoms with Crippen molar-refractivity contribution in [3.05, 3.63) is 33.5 Å². The average Bonchev–Trinajstić information content (AvgIpc) is 2.89. The third-order valence-electron chi connectivity index (χ3n) is 2.11. The molecule has 0 aliphatic rings. The Balaban J connectivity index is 1.79. The monoisotopic (exact) mass is 268 g/mol. The Hall–Kier alpha value is -1.40. The predicted octanol–water partition coefficient (Wildman–Crippen LogP) is 2.49. The number of aromatic nitrogens is 1. The van der Waals surface area contributed by atoms with Crippen LogP contribution in [0, 0.1) is 0 Å². The summed E-state index contributed by atoms with van der Waals surface area (Å²) in [6.45, 7) is 0.820. The van der Waals surface area contributed by atoms with Gasteiger partial charge >= 0.3 is 5.97 Å². The highest BCUT2D eigenvalue weighted by molar-refractivity contribution is 7.13. The van der Waals surface area contributed by atoms with Crippen molar-refractivity contribution in [1.29, 1.82) is 0 Å². The van der Waals surface area contributed by atoms with Crippen molar-refractivity contribution in [2.24, 2.45) is 0 Å². The van der Waals surface area contributed by atoms with E-state index in [0.29, 0.717) is 5.69 Å². The zero-order valence-electron chi connectivity index (χ0n) is 9.05. The number of nitrogens with one attached hydrogen (secondary N) is 1. The quantitative estimate of drug-likeness (QED) is 0.845. The molecule has 0 radical (unpaired) electrons. The minimum atomic E-state index is -0.847. The highest BCUT2D eigenvalue weighted by Gasteiger charge is 2.05. The van der Waals surface area contributed by atoms with Gasteiger partial charge in [-0.3, -0.25) is 4.79 Å². The van der Waals surface area contributed by atoms with Crippen molar-refractivity contribution in [3.8, 4) is 0 Å². The number of carboxylic acids is 1. The van der Waals surface area contributed by atoms with Crippen LogP contribution in [0.25, 0.3) is 0 Å². The zero-order valence-corrected chi connectivity index (χ0v) is 10.7. The highest BCUT2D eigenvalue weighted by Crippen LogP contribution is 2.16. The number of carbonyl (C=O) groups is 1. The third kappa shape index (κ3) is 3.83. The number of hydrogen-bond acceptors (Lipinski definition) is 5. The second-order valence-corrected chi connectivity index (χ2v) is 5.36. The third-order valence-corrected chi connectivity index (χ3v) is 3.90. The van der Waals surface area contributed by atoms with Crippen LogP contribution in [-0.2, 0) is 17.6 Å². The Morgan fingerprint density at radius 2 is 2.35 bits per heavy atom. The van der Waals surface area contributed by atoms with Gasteiger partial charge in [-0.15, -0.1) is 22.7 Å². The molecule has 0 saturated heterocycles. The van der Waals surface area contributed by atoms with Gasteiger partial charge in [0, 0.05) is 16.8 Å². The number of hydrogen-bond donors (Lipinski definition) is 2. The van der Waals surface area contributed by atoms with Crippen LogP contribution in [0.2, 0.25) is 0 Å². The van der Waals surface area contributed by atoms with E-state index < -0.39 is 5.97 Å². The van der Waals surface area contributed by atoms with Gasteiger partial charge in [-0.1, -0.05) is 6.07 Å². The maximum absolute atomic E-state index is 10.5. The van der Waals surface area contributed by atoms with E-state index in [1.165, 1.54) is 16.2 Å². The Labute approximate surface area is 107 Å². The van der Waals surface area contributed by atoms with E-state index in [1.54, 1.807) is 16.7 Å². The Kier molecular flexibility index (Phi) is 4.11. The molecule has 0 aromatic carbocycles. The number of rotatable bonds is 6. The first kappa shape index (κ1) is 12.1. The summed E-state index contributed by atoms with van der Waals surface area (Å²) in [5, 5.41) is 16.4. The van der Waals surface area contributed by atoms with E-state index in [1.807, 2.05) is 6.07 Å². The summed E-state index contributed by atoms with van der Waals surface area (Å²) in [5.74, 6) is -0.847. The van der Waals surface area contributed by atoms with Crippen molar-refractivity contribution in [1.82, 2.24) is 4.98 Å². The van der Waals surface area contributed by atoms with E-state index in [0.717, 1.165) is 18.1 Å². The molecule has 0 saturated carbocycles. The normalized spacial score (nSPS) is 10.4. The number of carboxylic acid groups (broad SMARTS) is 1. The van der Waals surface area contributed by atoms with Gasteiger partial charge in [0.15, 0.2) is 5.13 Å². The molecule has 6 heteroatoms. The molecule has 0 aliphatic carbocycles. The van der Waals surface area contributed by atoms with Gasteiger partial charge in [0.1, 0.15) is 0 Å². The molecule has 2 N–H and O–H groups in total. The molecule has 0 spiro atoms. The van der Waals surface area contributed by atoms with E-state index in [9.17, 15) is 4.79 Å². The molecule has 0 fully saturated rings. The van der Waals surface area contributed by atoms with Crippen molar-refractivity contribution in [2.45, 2.75) is 12.8 Å². The maximum atomic E-state index is 10.5. The number of thiophene rings is 1. The summed E-state index contributed by atoms with van der Waals surface area (Å²) in [5.41, 5.74) is 0.612. The SMILES string of the molecule is O=C(O)Cc1csc(NCCc2cccs2)n1. The lowest BCUT2D eigenvalue weighted by molar-refractivity contribution is -0.136. The van der Waals surface area contributed by atoms with Gasteiger partial charge in [0.2, 0.25) is 0 Å². The van der Waals surface area contributed by atoms with Crippen LogP contribution in [0.1, 0.15) is 10.6 Å². The fourth-order valence-corrected chi connectivity index (χ4v) is 2.82. The molecule has 0 unspecified atom stereocenters. The molecule has 0 amide bonds. The molecule has 2 heterocycles. The molecule has 0 bridgehead atoms. The lowest BCUT2D eigenvalue weighted by Gasteiger charge is -2.00. The van der Waals surface area contributed by atoms with Gasteiger partial charge in [0.05, 0.1) is 12.1 Å². The zero-order chi connectivity index (χ0) is 12.1. The van der Waals surface area contributed by atoms with E-state index >= 15 is 0 Å².